The first kappa shape index (κ1) is 19.4. The maximum Gasteiger partial charge on any atom is 0.277 e. The number of nitrogens with one attached hydrogen (secondary N) is 2. The van der Waals surface area contributed by atoms with Crippen molar-refractivity contribution in [3.63, 3.8) is 0 Å². The van der Waals surface area contributed by atoms with E-state index in [0.717, 1.165) is 22.5 Å². The topological polar surface area (TPSA) is 102 Å². The molecule has 0 atom stereocenters. The summed E-state index contributed by atoms with van der Waals surface area (Å²) in [5, 5.41) is 6.10. The minimum atomic E-state index is -0.334. The van der Waals surface area contributed by atoms with Gasteiger partial charge < -0.3 is 10.6 Å². The van der Waals surface area contributed by atoms with Crippen molar-refractivity contribution in [2.45, 2.75) is 13.5 Å². The maximum absolute atomic E-state index is 12.6. The lowest BCUT2D eigenvalue weighted by molar-refractivity contribution is 0.102. The summed E-state index contributed by atoms with van der Waals surface area (Å²) in [4.78, 5) is 30.0. The van der Waals surface area contributed by atoms with Crippen molar-refractivity contribution in [3.8, 4) is 5.95 Å². The van der Waals surface area contributed by atoms with Gasteiger partial charge in [0.15, 0.2) is 0 Å². The molecule has 5 rings (SSSR count). The Kier molecular flexibility index (Phi) is 5.04. The van der Waals surface area contributed by atoms with Gasteiger partial charge in [-0.3, -0.25) is 18.7 Å². The van der Waals surface area contributed by atoms with Gasteiger partial charge in [-0.05, 0) is 42.8 Å². The molecule has 5 heterocycles. The fourth-order valence-electron chi connectivity index (χ4n) is 3.32. The van der Waals surface area contributed by atoms with E-state index in [1.807, 2.05) is 53.9 Å². The number of aryl methyl sites for hydroxylation is 1. The molecule has 1 amide bonds. The fraction of sp³-hybridized carbons (Fsp3) is 0.0870. The van der Waals surface area contributed by atoms with E-state index in [4.69, 9.17) is 4.98 Å². The van der Waals surface area contributed by atoms with Crippen LogP contribution in [0.4, 0.5) is 11.5 Å². The van der Waals surface area contributed by atoms with Gasteiger partial charge in [-0.2, -0.15) is 0 Å². The number of hydrogen-bond donors (Lipinski definition) is 2. The van der Waals surface area contributed by atoms with Crippen LogP contribution in [-0.4, -0.2) is 34.8 Å². The molecule has 0 radical (unpaired) electrons. The second-order valence-electron chi connectivity index (χ2n) is 7.25. The molecule has 0 spiro atoms. The maximum atomic E-state index is 12.6. The first-order chi connectivity index (χ1) is 15.7. The Balaban J connectivity index is 1.40. The predicted molar refractivity (Wildman–Crippen MR) is 121 cm³/mol. The molecular weight excluding hydrogens is 404 g/mol. The van der Waals surface area contributed by atoms with E-state index in [1.54, 1.807) is 41.7 Å². The van der Waals surface area contributed by atoms with Crippen LogP contribution < -0.4 is 10.6 Å². The van der Waals surface area contributed by atoms with Crippen LogP contribution >= 0.6 is 0 Å². The van der Waals surface area contributed by atoms with Gasteiger partial charge in [-0.25, -0.2) is 15.0 Å². The summed E-state index contributed by atoms with van der Waals surface area (Å²) < 4.78 is 3.70. The summed E-state index contributed by atoms with van der Waals surface area (Å²) in [6, 6.07) is 13.4. The quantitative estimate of drug-likeness (QED) is 0.433. The van der Waals surface area contributed by atoms with E-state index in [-0.39, 0.29) is 11.6 Å². The van der Waals surface area contributed by atoms with E-state index in [0.29, 0.717) is 18.3 Å². The van der Waals surface area contributed by atoms with Gasteiger partial charge in [0.1, 0.15) is 17.8 Å². The number of nitrogens with zero attached hydrogens (tertiary/aromatic N) is 6. The van der Waals surface area contributed by atoms with Crippen molar-refractivity contribution in [3.05, 3.63) is 96.7 Å². The van der Waals surface area contributed by atoms with Crippen LogP contribution in [0.5, 0.6) is 0 Å². The van der Waals surface area contributed by atoms with Gasteiger partial charge in [-0.1, -0.05) is 12.1 Å². The van der Waals surface area contributed by atoms with Crippen molar-refractivity contribution < 1.29 is 4.79 Å². The van der Waals surface area contributed by atoms with Crippen molar-refractivity contribution >= 4 is 22.9 Å². The number of anilines is 2. The fourth-order valence-corrected chi connectivity index (χ4v) is 3.32. The van der Waals surface area contributed by atoms with Crippen molar-refractivity contribution in [1.82, 2.24) is 28.9 Å². The lowest BCUT2D eigenvalue weighted by atomic mass is 10.3. The highest BCUT2D eigenvalue weighted by Crippen LogP contribution is 2.18. The molecule has 0 fully saturated rings. The summed E-state index contributed by atoms with van der Waals surface area (Å²) in [5.41, 5.74) is 4.04. The standard InChI is InChI=1S/C23H20N8O/c1-16-7-8-21(26-11-16)29-22(32)19-14-30(15-27-19)23-28-18(20-6-2-3-10-31(20)23)13-25-17-5-4-9-24-12-17/h2-12,14-15,25H,13H2,1H3,(H,26,29,32). The van der Waals surface area contributed by atoms with Crippen molar-refractivity contribution in [2.24, 2.45) is 0 Å². The van der Waals surface area contributed by atoms with Crippen LogP contribution in [0.1, 0.15) is 21.7 Å². The number of imidazole rings is 2. The molecule has 0 aliphatic heterocycles. The molecule has 5 aromatic heterocycles. The zero-order valence-corrected chi connectivity index (χ0v) is 17.3. The normalized spacial score (nSPS) is 10.9. The highest BCUT2D eigenvalue weighted by molar-refractivity contribution is 6.02. The molecule has 2 N–H and O–H groups in total. The van der Waals surface area contributed by atoms with E-state index < -0.39 is 0 Å². The van der Waals surface area contributed by atoms with E-state index in [2.05, 4.69) is 25.6 Å². The summed E-state index contributed by atoms with van der Waals surface area (Å²) in [6.45, 7) is 2.47. The zero-order chi connectivity index (χ0) is 21.9. The van der Waals surface area contributed by atoms with E-state index in [1.165, 1.54) is 0 Å². The lowest BCUT2D eigenvalue weighted by Gasteiger charge is -2.03. The molecule has 0 saturated carbocycles. The molecule has 9 nitrogen and oxygen atoms in total. The highest BCUT2D eigenvalue weighted by Gasteiger charge is 2.16. The molecule has 5 aromatic rings. The minimum absolute atomic E-state index is 0.273. The van der Waals surface area contributed by atoms with Gasteiger partial charge in [0, 0.05) is 31.0 Å². The lowest BCUT2D eigenvalue weighted by Crippen LogP contribution is -2.13. The number of aromatic nitrogens is 6. The van der Waals surface area contributed by atoms with Crippen molar-refractivity contribution in [2.75, 3.05) is 10.6 Å². The molecule has 0 unspecified atom stereocenters. The van der Waals surface area contributed by atoms with E-state index in [9.17, 15) is 4.79 Å². The first-order valence-electron chi connectivity index (χ1n) is 10.1. The van der Waals surface area contributed by atoms with Crippen molar-refractivity contribution in [1.29, 1.82) is 0 Å². The van der Waals surface area contributed by atoms with Crippen LogP contribution in [0.2, 0.25) is 0 Å². The molecule has 0 aliphatic rings. The smallest absolute Gasteiger partial charge is 0.277 e. The molecule has 9 heteroatoms. The zero-order valence-electron chi connectivity index (χ0n) is 17.3. The average Bonchev–Trinajstić information content (AvgIpc) is 3.45. The van der Waals surface area contributed by atoms with Gasteiger partial charge >= 0.3 is 0 Å². The first-order valence-corrected chi connectivity index (χ1v) is 10.1. The number of carbonyl (C=O) groups is 1. The minimum Gasteiger partial charge on any atom is -0.378 e. The Hall–Kier alpha value is -4.53. The van der Waals surface area contributed by atoms with Crippen LogP contribution in [0.3, 0.4) is 0 Å². The van der Waals surface area contributed by atoms with Crippen LogP contribution in [0.15, 0.2) is 79.8 Å². The molecular formula is C23H20N8O. The molecule has 0 saturated heterocycles. The second kappa shape index (κ2) is 8.31. The number of carbonyl (C=O) groups excluding carboxylic acids is 1. The largest absolute Gasteiger partial charge is 0.378 e. The Labute approximate surface area is 183 Å². The molecule has 0 bridgehead atoms. The Bertz CT molecular complexity index is 1370. The average molecular weight is 424 g/mol. The summed E-state index contributed by atoms with van der Waals surface area (Å²) in [5.74, 6) is 0.785. The summed E-state index contributed by atoms with van der Waals surface area (Å²) in [7, 11) is 0. The second-order valence-corrected chi connectivity index (χ2v) is 7.25. The predicted octanol–water partition coefficient (Wildman–Crippen LogP) is 3.48. The highest BCUT2D eigenvalue weighted by atomic mass is 16.2. The monoisotopic (exact) mass is 424 g/mol. The number of rotatable bonds is 6. The van der Waals surface area contributed by atoms with E-state index >= 15 is 0 Å². The SMILES string of the molecule is Cc1ccc(NC(=O)c2cn(-c3nc(CNc4cccnc4)c4ccccn34)cn2)nc1. The van der Waals surface area contributed by atoms with Gasteiger partial charge in [-0.15, -0.1) is 0 Å². The number of fused-ring (bicyclic) bond motifs is 1. The number of amides is 1. The third-order valence-electron chi connectivity index (χ3n) is 4.93. The Morgan fingerprint density at radius 2 is 2.00 bits per heavy atom. The van der Waals surface area contributed by atoms with Gasteiger partial charge in [0.05, 0.1) is 23.4 Å². The molecule has 0 aliphatic carbocycles. The Morgan fingerprint density at radius 1 is 1.06 bits per heavy atom. The summed E-state index contributed by atoms with van der Waals surface area (Å²) >= 11 is 0. The molecule has 158 valence electrons. The van der Waals surface area contributed by atoms with Crippen LogP contribution in [0, 0.1) is 6.92 Å². The van der Waals surface area contributed by atoms with Gasteiger partial charge in [0.2, 0.25) is 5.95 Å². The number of pyridine rings is 3. The summed E-state index contributed by atoms with van der Waals surface area (Å²) in [6.07, 6.45) is 10.4. The van der Waals surface area contributed by atoms with Crippen LogP contribution in [-0.2, 0) is 6.54 Å². The number of hydrogen-bond acceptors (Lipinski definition) is 6. The third kappa shape index (κ3) is 3.91. The van der Waals surface area contributed by atoms with Gasteiger partial charge in [0.25, 0.3) is 5.91 Å². The molecule has 32 heavy (non-hydrogen) atoms. The third-order valence-corrected chi connectivity index (χ3v) is 4.93. The van der Waals surface area contributed by atoms with Crippen LogP contribution in [0.25, 0.3) is 11.5 Å². The Morgan fingerprint density at radius 3 is 2.81 bits per heavy atom. The molecule has 0 aromatic carbocycles.